The van der Waals surface area contributed by atoms with Crippen molar-refractivity contribution in [3.05, 3.63) is 53.6 Å². The lowest BCUT2D eigenvalue weighted by Crippen LogP contribution is -2.15. The summed E-state index contributed by atoms with van der Waals surface area (Å²) in [7, 11) is 0. The van der Waals surface area contributed by atoms with Crippen LogP contribution in [0.25, 0.3) is 0 Å². The van der Waals surface area contributed by atoms with Crippen molar-refractivity contribution in [1.29, 1.82) is 0 Å². The van der Waals surface area contributed by atoms with Gasteiger partial charge in [0.2, 0.25) is 0 Å². The van der Waals surface area contributed by atoms with Gasteiger partial charge in [0.1, 0.15) is 12.3 Å². The van der Waals surface area contributed by atoms with Crippen LogP contribution in [0.4, 0.5) is 5.69 Å². The first-order chi connectivity index (χ1) is 12.5. The molecule has 0 bridgehead atoms. The second-order valence-corrected chi connectivity index (χ2v) is 6.61. The Hall–Kier alpha value is -2.96. The third-order valence-corrected chi connectivity index (χ3v) is 4.19. The molecule has 3 N–H and O–H groups in total. The molecule has 26 heavy (non-hydrogen) atoms. The summed E-state index contributed by atoms with van der Waals surface area (Å²) in [5.41, 5.74) is 8.52. The molecule has 3 rings (SSSR count). The lowest BCUT2D eigenvalue weighted by molar-refractivity contribution is 0.102. The monoisotopic (exact) mass is 353 g/mol. The van der Waals surface area contributed by atoms with Gasteiger partial charge in [0.15, 0.2) is 0 Å². The van der Waals surface area contributed by atoms with Crippen LogP contribution in [0.2, 0.25) is 0 Å². The molecular weight excluding hydrogens is 330 g/mol. The quantitative estimate of drug-likeness (QED) is 0.830. The number of rotatable bonds is 6. The number of nitrogens with two attached hydrogens (primary N) is 1. The molecule has 1 unspecified atom stereocenters. The summed E-state index contributed by atoms with van der Waals surface area (Å²) in [6.07, 6.45) is 4.92. The number of nitrogens with one attached hydrogen (secondary N) is 1. The number of benzene rings is 1. The molecule has 0 saturated heterocycles. The minimum atomic E-state index is -0.263. The van der Waals surface area contributed by atoms with Crippen molar-refractivity contribution in [2.24, 2.45) is 10.7 Å². The number of ether oxygens (including phenoxy) is 1. The molecule has 1 aliphatic rings. The second kappa shape index (κ2) is 7.95. The molecule has 0 radical (unpaired) electrons. The van der Waals surface area contributed by atoms with Crippen LogP contribution in [0.3, 0.4) is 0 Å². The fraction of sp³-hybridized carbons (Fsp3) is 0.368. The van der Waals surface area contributed by atoms with Gasteiger partial charge in [0, 0.05) is 11.9 Å². The molecule has 0 aliphatic carbocycles. The van der Waals surface area contributed by atoms with Gasteiger partial charge in [-0.05, 0) is 36.5 Å². The third kappa shape index (κ3) is 4.56. The van der Waals surface area contributed by atoms with Crippen LogP contribution >= 0.6 is 0 Å². The van der Waals surface area contributed by atoms with Crippen molar-refractivity contribution in [3.63, 3.8) is 0 Å². The first kappa shape index (κ1) is 17.8. The van der Waals surface area contributed by atoms with E-state index >= 15 is 0 Å². The van der Waals surface area contributed by atoms with E-state index in [1.165, 1.54) is 11.8 Å². The zero-order valence-corrected chi connectivity index (χ0v) is 15.0. The zero-order valence-electron chi connectivity index (χ0n) is 15.0. The third-order valence-electron chi connectivity index (χ3n) is 4.19. The van der Waals surface area contributed by atoms with Gasteiger partial charge in [-0.1, -0.05) is 26.0 Å². The molecule has 7 nitrogen and oxygen atoms in total. The Morgan fingerprint density at radius 3 is 2.73 bits per heavy atom. The molecule has 136 valence electrons. The number of aromatic nitrogens is 2. The number of amides is 1. The Morgan fingerprint density at radius 2 is 2.08 bits per heavy atom. The van der Waals surface area contributed by atoms with Crippen LogP contribution in [0.5, 0.6) is 0 Å². The van der Waals surface area contributed by atoms with E-state index < -0.39 is 0 Å². The molecule has 1 aromatic heterocycles. The van der Waals surface area contributed by atoms with Gasteiger partial charge in [-0.15, -0.1) is 0 Å². The number of aliphatic imine (C=N–C) groups is 1. The molecule has 0 spiro atoms. The van der Waals surface area contributed by atoms with Crippen LogP contribution < -0.4 is 11.1 Å². The summed E-state index contributed by atoms with van der Waals surface area (Å²) in [6.45, 7) is 4.58. The first-order valence-electron chi connectivity index (χ1n) is 8.69. The van der Waals surface area contributed by atoms with Crippen LogP contribution in [-0.4, -0.2) is 34.5 Å². The molecule has 0 fully saturated rings. The van der Waals surface area contributed by atoms with Crippen LogP contribution in [0, 0.1) is 0 Å². The van der Waals surface area contributed by atoms with Crippen LogP contribution in [-0.2, 0) is 11.2 Å². The van der Waals surface area contributed by atoms with Crippen molar-refractivity contribution in [2.45, 2.75) is 38.6 Å². The van der Waals surface area contributed by atoms with E-state index in [0.717, 1.165) is 24.2 Å². The maximum Gasteiger partial charge on any atom is 0.282 e. The summed E-state index contributed by atoms with van der Waals surface area (Å²) in [5.74, 6) is -0.0415. The van der Waals surface area contributed by atoms with E-state index in [1.807, 2.05) is 38.1 Å². The molecule has 1 aromatic carbocycles. The van der Waals surface area contributed by atoms with E-state index in [0.29, 0.717) is 12.3 Å². The second-order valence-electron chi connectivity index (χ2n) is 6.61. The number of hydrogen-bond donors (Lipinski definition) is 2. The Kier molecular flexibility index (Phi) is 5.46. The summed E-state index contributed by atoms with van der Waals surface area (Å²) in [5, 5.41) is 2.85. The highest BCUT2D eigenvalue weighted by molar-refractivity contribution is 6.02. The lowest BCUT2D eigenvalue weighted by atomic mass is 10.1. The highest BCUT2D eigenvalue weighted by Gasteiger charge is 2.16. The van der Waals surface area contributed by atoms with E-state index in [9.17, 15) is 4.79 Å². The average Bonchev–Trinajstić information content (AvgIpc) is 3.06. The normalized spacial score (nSPS) is 16.3. The van der Waals surface area contributed by atoms with Crippen LogP contribution in [0.15, 0.2) is 41.7 Å². The number of nitrogens with zero attached hydrogens (tertiary/aromatic N) is 3. The van der Waals surface area contributed by atoms with E-state index in [4.69, 9.17) is 10.5 Å². The first-order valence-corrected chi connectivity index (χ1v) is 8.69. The number of anilines is 1. The zero-order chi connectivity index (χ0) is 18.5. The molecule has 1 atom stereocenters. The highest BCUT2D eigenvalue weighted by Crippen LogP contribution is 2.16. The van der Waals surface area contributed by atoms with Gasteiger partial charge >= 0.3 is 0 Å². The summed E-state index contributed by atoms with van der Waals surface area (Å²) < 4.78 is 5.15. The molecular formula is C19H23N5O2. The van der Waals surface area contributed by atoms with Crippen molar-refractivity contribution >= 4 is 17.6 Å². The standard InChI is InChI=1S/C19H23N5O2/c1-12(2)16-9-21-10-17(24-16)18(25)22-14-6-3-13(4-7-14)5-8-15-11-26-19(20)23-15/h3-4,6-7,9-10,12,15H,5,8,11H2,1-2H3,(H2,20,23)(H,22,25). The topological polar surface area (TPSA) is 102 Å². The van der Waals surface area contributed by atoms with Gasteiger partial charge in [-0.2, -0.15) is 0 Å². The minimum Gasteiger partial charge on any atom is -0.463 e. The largest absolute Gasteiger partial charge is 0.463 e. The molecule has 1 aliphatic heterocycles. The molecule has 0 saturated carbocycles. The average molecular weight is 353 g/mol. The Bertz CT molecular complexity index is 802. The molecule has 7 heteroatoms. The van der Waals surface area contributed by atoms with Crippen molar-refractivity contribution in [3.8, 4) is 0 Å². The Balaban J connectivity index is 1.57. The van der Waals surface area contributed by atoms with Crippen LogP contribution in [0.1, 0.15) is 47.9 Å². The number of amidine groups is 1. The fourth-order valence-electron chi connectivity index (χ4n) is 2.64. The van der Waals surface area contributed by atoms with Gasteiger partial charge in [0.25, 0.3) is 11.9 Å². The summed E-state index contributed by atoms with van der Waals surface area (Å²) in [6, 6.07) is 8.16. The van der Waals surface area contributed by atoms with Gasteiger partial charge in [-0.25, -0.2) is 9.98 Å². The highest BCUT2D eigenvalue weighted by atomic mass is 16.5. The smallest absolute Gasteiger partial charge is 0.282 e. The van der Waals surface area contributed by atoms with Gasteiger partial charge in [-0.3, -0.25) is 9.78 Å². The minimum absolute atomic E-state index is 0.126. The van der Waals surface area contributed by atoms with Crippen molar-refractivity contribution in [1.82, 2.24) is 9.97 Å². The Morgan fingerprint density at radius 1 is 1.31 bits per heavy atom. The van der Waals surface area contributed by atoms with E-state index in [2.05, 4.69) is 20.3 Å². The van der Waals surface area contributed by atoms with Crippen molar-refractivity contribution < 1.29 is 9.53 Å². The van der Waals surface area contributed by atoms with Gasteiger partial charge < -0.3 is 15.8 Å². The fourth-order valence-corrected chi connectivity index (χ4v) is 2.64. The molecule has 2 aromatic rings. The number of aryl methyl sites for hydroxylation is 1. The number of hydrogen-bond acceptors (Lipinski definition) is 6. The van der Waals surface area contributed by atoms with Gasteiger partial charge in [0.05, 0.1) is 17.9 Å². The van der Waals surface area contributed by atoms with Crippen molar-refractivity contribution in [2.75, 3.05) is 11.9 Å². The van der Waals surface area contributed by atoms with E-state index in [-0.39, 0.29) is 23.9 Å². The summed E-state index contributed by atoms with van der Waals surface area (Å²) >= 11 is 0. The maximum atomic E-state index is 12.4. The number of carbonyl (C=O) groups is 1. The lowest BCUT2D eigenvalue weighted by Gasteiger charge is -2.09. The molecule has 1 amide bonds. The number of carbonyl (C=O) groups excluding carboxylic acids is 1. The predicted molar refractivity (Wildman–Crippen MR) is 100 cm³/mol. The SMILES string of the molecule is CC(C)c1cncc(C(=O)Nc2ccc(CCC3COC(N)=N3)cc2)n1. The summed E-state index contributed by atoms with van der Waals surface area (Å²) in [4.78, 5) is 25.0. The molecule has 2 heterocycles. The van der Waals surface area contributed by atoms with E-state index in [1.54, 1.807) is 6.20 Å². The predicted octanol–water partition coefficient (Wildman–Crippen LogP) is 2.50. The Labute approximate surface area is 152 Å². The maximum absolute atomic E-state index is 12.4.